The number of rotatable bonds is 2. The fourth-order valence-corrected chi connectivity index (χ4v) is 2.45. The molecule has 0 aromatic heterocycles. The predicted octanol–water partition coefficient (Wildman–Crippen LogP) is 0.646. The number of hydrogen-bond donors (Lipinski definition) is 2. The van der Waals surface area contributed by atoms with Gasteiger partial charge < -0.3 is 4.90 Å². The molecule has 0 bridgehead atoms. The first-order chi connectivity index (χ1) is 8.54. The highest BCUT2D eigenvalue weighted by molar-refractivity contribution is 6.01. The first-order valence-electron chi connectivity index (χ1n) is 5.91. The lowest BCUT2D eigenvalue weighted by molar-refractivity contribution is -0.126. The summed E-state index contributed by atoms with van der Waals surface area (Å²) in [5.74, 6) is 4.44. The summed E-state index contributed by atoms with van der Waals surface area (Å²) in [5, 5.41) is 0. The van der Waals surface area contributed by atoms with Crippen molar-refractivity contribution in [1.29, 1.82) is 0 Å². The smallest absolute Gasteiger partial charge is 0.239 e. The fraction of sp³-hybridized carbons (Fsp3) is 0.385. The predicted molar refractivity (Wildman–Crippen MR) is 68.7 cm³/mol. The molecular weight excluding hydrogens is 230 g/mol. The summed E-state index contributed by atoms with van der Waals surface area (Å²) >= 11 is 0. The van der Waals surface area contributed by atoms with Crippen LogP contribution >= 0.6 is 0 Å². The first kappa shape index (κ1) is 12.6. The normalized spacial score (nSPS) is 19.2. The Morgan fingerprint density at radius 2 is 2.00 bits per heavy atom. The van der Waals surface area contributed by atoms with Gasteiger partial charge in [-0.3, -0.25) is 15.0 Å². The minimum absolute atomic E-state index is 0.0269. The molecule has 1 aromatic rings. The lowest BCUT2D eigenvalue weighted by Crippen LogP contribution is -2.37. The Hall–Kier alpha value is -1.88. The number of hydrazine groups is 1. The third-order valence-corrected chi connectivity index (χ3v) is 3.35. The molecule has 1 saturated heterocycles. The summed E-state index contributed by atoms with van der Waals surface area (Å²) in [6, 6.07) is 5.89. The van der Waals surface area contributed by atoms with Crippen LogP contribution in [-0.4, -0.2) is 18.4 Å². The van der Waals surface area contributed by atoms with Crippen LogP contribution in [-0.2, 0) is 9.59 Å². The molecule has 5 heteroatoms. The second-order valence-corrected chi connectivity index (χ2v) is 4.65. The number of para-hydroxylation sites is 1. The number of hydrogen-bond acceptors (Lipinski definition) is 3. The van der Waals surface area contributed by atoms with Gasteiger partial charge in [-0.05, 0) is 25.0 Å². The molecule has 18 heavy (non-hydrogen) atoms. The topological polar surface area (TPSA) is 75.4 Å². The van der Waals surface area contributed by atoms with Crippen LogP contribution in [0.15, 0.2) is 18.2 Å². The number of nitrogens with two attached hydrogens (primary N) is 1. The summed E-state index contributed by atoms with van der Waals surface area (Å²) in [4.78, 5) is 25.2. The van der Waals surface area contributed by atoms with Gasteiger partial charge in [-0.2, -0.15) is 0 Å². The van der Waals surface area contributed by atoms with Crippen molar-refractivity contribution < 1.29 is 9.59 Å². The molecule has 3 N–H and O–H groups in total. The molecule has 1 aliphatic heterocycles. The van der Waals surface area contributed by atoms with Crippen molar-refractivity contribution in [2.24, 2.45) is 11.8 Å². The van der Waals surface area contributed by atoms with E-state index in [-0.39, 0.29) is 24.2 Å². The van der Waals surface area contributed by atoms with Crippen molar-refractivity contribution in [1.82, 2.24) is 5.43 Å². The average Bonchev–Trinajstić information content (AvgIpc) is 2.70. The van der Waals surface area contributed by atoms with Crippen molar-refractivity contribution in [2.75, 3.05) is 11.4 Å². The van der Waals surface area contributed by atoms with E-state index in [0.29, 0.717) is 6.54 Å². The molecule has 1 heterocycles. The fourth-order valence-electron chi connectivity index (χ4n) is 2.45. The lowest BCUT2D eigenvalue weighted by Gasteiger charge is -2.21. The largest absolute Gasteiger partial charge is 0.311 e. The van der Waals surface area contributed by atoms with Crippen LogP contribution in [0.4, 0.5) is 5.69 Å². The van der Waals surface area contributed by atoms with Gasteiger partial charge in [0.2, 0.25) is 11.8 Å². The number of amides is 2. The highest BCUT2D eigenvalue weighted by Crippen LogP contribution is 2.30. The Labute approximate surface area is 106 Å². The van der Waals surface area contributed by atoms with E-state index in [4.69, 9.17) is 5.84 Å². The van der Waals surface area contributed by atoms with Gasteiger partial charge >= 0.3 is 0 Å². The van der Waals surface area contributed by atoms with E-state index < -0.39 is 0 Å². The van der Waals surface area contributed by atoms with E-state index in [0.717, 1.165) is 16.8 Å². The maximum absolute atomic E-state index is 12.0. The summed E-state index contributed by atoms with van der Waals surface area (Å²) in [6.07, 6.45) is 0.219. The van der Waals surface area contributed by atoms with Gasteiger partial charge in [0.05, 0.1) is 5.92 Å². The zero-order chi connectivity index (χ0) is 13.3. The van der Waals surface area contributed by atoms with Crippen LogP contribution in [0.25, 0.3) is 0 Å². The minimum Gasteiger partial charge on any atom is -0.311 e. The number of aryl methyl sites for hydroxylation is 2. The van der Waals surface area contributed by atoms with Crippen molar-refractivity contribution in [2.45, 2.75) is 20.3 Å². The Kier molecular flexibility index (Phi) is 3.34. The molecule has 1 atom stereocenters. The Balaban J connectivity index is 2.30. The van der Waals surface area contributed by atoms with Crippen molar-refractivity contribution >= 4 is 17.5 Å². The SMILES string of the molecule is Cc1cccc(C)c1N1CC(C(=O)NN)CC1=O. The van der Waals surface area contributed by atoms with Crippen LogP contribution in [0.5, 0.6) is 0 Å². The number of carbonyl (C=O) groups excluding carboxylic acids is 2. The molecule has 1 aromatic carbocycles. The molecule has 0 saturated carbocycles. The number of benzene rings is 1. The quantitative estimate of drug-likeness (QED) is 0.457. The van der Waals surface area contributed by atoms with Crippen LogP contribution in [0.1, 0.15) is 17.5 Å². The maximum Gasteiger partial charge on any atom is 0.239 e. The molecule has 96 valence electrons. The maximum atomic E-state index is 12.0. The van der Waals surface area contributed by atoms with E-state index in [9.17, 15) is 9.59 Å². The third-order valence-electron chi connectivity index (χ3n) is 3.35. The first-order valence-corrected chi connectivity index (χ1v) is 5.91. The van der Waals surface area contributed by atoms with Gasteiger partial charge in [-0.15, -0.1) is 0 Å². The van der Waals surface area contributed by atoms with Crippen LogP contribution in [0, 0.1) is 19.8 Å². The molecule has 1 aliphatic rings. The lowest BCUT2D eigenvalue weighted by atomic mass is 10.1. The monoisotopic (exact) mass is 247 g/mol. The Morgan fingerprint density at radius 1 is 1.39 bits per heavy atom. The average molecular weight is 247 g/mol. The van der Waals surface area contributed by atoms with E-state index in [1.54, 1.807) is 4.90 Å². The molecule has 2 amide bonds. The van der Waals surface area contributed by atoms with E-state index in [2.05, 4.69) is 5.43 Å². The number of anilines is 1. The van der Waals surface area contributed by atoms with Crippen LogP contribution < -0.4 is 16.2 Å². The van der Waals surface area contributed by atoms with Gasteiger partial charge in [0.1, 0.15) is 0 Å². The zero-order valence-electron chi connectivity index (χ0n) is 10.6. The van der Waals surface area contributed by atoms with Gasteiger partial charge in [0, 0.05) is 18.7 Å². The molecule has 5 nitrogen and oxygen atoms in total. The molecule has 1 fully saturated rings. The number of nitrogens with one attached hydrogen (secondary N) is 1. The molecule has 0 aliphatic carbocycles. The Morgan fingerprint density at radius 3 is 2.56 bits per heavy atom. The van der Waals surface area contributed by atoms with Crippen molar-refractivity contribution in [3.8, 4) is 0 Å². The second kappa shape index (κ2) is 4.78. The molecular formula is C13H17N3O2. The number of carbonyl (C=O) groups is 2. The standard InChI is InChI=1S/C13H17N3O2/c1-8-4-3-5-9(2)12(8)16-7-10(6-11(16)17)13(18)15-14/h3-5,10H,6-7,14H2,1-2H3,(H,15,18). The molecule has 0 spiro atoms. The molecule has 0 radical (unpaired) electrons. The van der Waals surface area contributed by atoms with Crippen LogP contribution in [0.3, 0.4) is 0 Å². The highest BCUT2D eigenvalue weighted by atomic mass is 16.2. The van der Waals surface area contributed by atoms with E-state index in [1.165, 1.54) is 0 Å². The van der Waals surface area contributed by atoms with Crippen molar-refractivity contribution in [3.63, 3.8) is 0 Å². The number of nitrogens with zero attached hydrogens (tertiary/aromatic N) is 1. The highest BCUT2D eigenvalue weighted by Gasteiger charge is 2.35. The second-order valence-electron chi connectivity index (χ2n) is 4.65. The van der Waals surface area contributed by atoms with E-state index in [1.807, 2.05) is 32.0 Å². The van der Waals surface area contributed by atoms with Crippen molar-refractivity contribution in [3.05, 3.63) is 29.3 Å². The summed E-state index contributed by atoms with van der Waals surface area (Å²) in [5.41, 5.74) is 5.10. The van der Waals surface area contributed by atoms with Gasteiger partial charge in [0.25, 0.3) is 0 Å². The molecule has 1 unspecified atom stereocenters. The van der Waals surface area contributed by atoms with Gasteiger partial charge in [0.15, 0.2) is 0 Å². The Bertz CT molecular complexity index is 479. The van der Waals surface area contributed by atoms with E-state index >= 15 is 0 Å². The summed E-state index contributed by atoms with van der Waals surface area (Å²) < 4.78 is 0. The van der Waals surface area contributed by atoms with Gasteiger partial charge in [-0.1, -0.05) is 18.2 Å². The minimum atomic E-state index is -0.360. The van der Waals surface area contributed by atoms with Gasteiger partial charge in [-0.25, -0.2) is 5.84 Å². The summed E-state index contributed by atoms with van der Waals surface area (Å²) in [7, 11) is 0. The van der Waals surface area contributed by atoms with Crippen LogP contribution in [0.2, 0.25) is 0 Å². The summed E-state index contributed by atoms with van der Waals surface area (Å²) in [6.45, 7) is 4.32. The zero-order valence-corrected chi connectivity index (χ0v) is 10.6. The molecule has 2 rings (SSSR count). The third kappa shape index (κ3) is 2.09.